The molecule has 0 spiro atoms. The number of carboxylic acid groups (broad SMARTS) is 1. The van der Waals surface area contributed by atoms with Gasteiger partial charge in [-0.05, 0) is 18.6 Å². The van der Waals surface area contributed by atoms with Crippen LogP contribution >= 0.6 is 0 Å². The molecular formula is C9H6F2O3. The van der Waals surface area contributed by atoms with E-state index in [-0.39, 0.29) is 5.56 Å². The molecule has 0 amide bonds. The second kappa shape index (κ2) is 3.53. The molecule has 1 N–H and O–H groups in total. The summed E-state index contributed by atoms with van der Waals surface area (Å²) >= 11 is 0. The molecule has 0 fully saturated rings. The van der Waals surface area contributed by atoms with Crippen molar-refractivity contribution in [3.05, 3.63) is 34.9 Å². The number of carbonyl (C=O) groups is 2. The molecule has 0 unspecified atom stereocenters. The molecule has 0 saturated carbocycles. The number of Topliss-reactive ketones (excluding diaryl/α,β-unsaturated/α-hetero) is 1. The molecule has 5 heteroatoms. The standard InChI is InChI=1S/C9H6F2O3/c1-4-6(8(12)9(13)14)2-5(10)3-7(4)11/h2-3H,1H3,(H,13,14). The lowest BCUT2D eigenvalue weighted by atomic mass is 10.0. The number of halogens is 2. The topological polar surface area (TPSA) is 54.4 Å². The molecule has 0 heterocycles. The highest BCUT2D eigenvalue weighted by molar-refractivity contribution is 6.40. The van der Waals surface area contributed by atoms with Gasteiger partial charge in [0.1, 0.15) is 11.6 Å². The van der Waals surface area contributed by atoms with Gasteiger partial charge in [-0.1, -0.05) is 0 Å². The van der Waals surface area contributed by atoms with Crippen LogP contribution in [0.15, 0.2) is 12.1 Å². The number of hydrogen-bond donors (Lipinski definition) is 1. The Morgan fingerprint density at radius 2 is 1.86 bits per heavy atom. The summed E-state index contributed by atoms with van der Waals surface area (Å²) in [7, 11) is 0. The predicted octanol–water partition coefficient (Wildman–Crippen LogP) is 1.54. The Kier molecular flexibility index (Phi) is 2.60. The number of carboxylic acids is 1. The van der Waals surface area contributed by atoms with Crippen LogP contribution in [-0.4, -0.2) is 16.9 Å². The Hall–Kier alpha value is -1.78. The summed E-state index contributed by atoms with van der Waals surface area (Å²) in [5.41, 5.74) is -0.631. The first kappa shape index (κ1) is 10.3. The SMILES string of the molecule is Cc1c(F)cc(F)cc1C(=O)C(=O)O. The zero-order chi connectivity index (χ0) is 10.9. The minimum Gasteiger partial charge on any atom is -0.475 e. The average Bonchev–Trinajstić information content (AvgIpc) is 2.09. The van der Waals surface area contributed by atoms with Crippen molar-refractivity contribution in [3.8, 4) is 0 Å². The quantitative estimate of drug-likeness (QED) is 0.582. The second-order valence-corrected chi connectivity index (χ2v) is 2.69. The van der Waals surface area contributed by atoms with Crippen molar-refractivity contribution in [2.75, 3.05) is 0 Å². The van der Waals surface area contributed by atoms with E-state index < -0.39 is 29.0 Å². The van der Waals surface area contributed by atoms with Gasteiger partial charge in [0.2, 0.25) is 0 Å². The van der Waals surface area contributed by atoms with Crippen LogP contribution in [0.2, 0.25) is 0 Å². The Balaban J connectivity index is 3.34. The highest BCUT2D eigenvalue weighted by Crippen LogP contribution is 2.15. The molecule has 0 aromatic heterocycles. The average molecular weight is 200 g/mol. The van der Waals surface area contributed by atoms with E-state index in [2.05, 4.69) is 0 Å². The fourth-order valence-corrected chi connectivity index (χ4v) is 0.997. The van der Waals surface area contributed by atoms with Crippen molar-refractivity contribution >= 4 is 11.8 Å². The predicted molar refractivity (Wildman–Crippen MR) is 43.1 cm³/mol. The van der Waals surface area contributed by atoms with Crippen LogP contribution in [0.25, 0.3) is 0 Å². The van der Waals surface area contributed by atoms with Crippen molar-refractivity contribution in [2.45, 2.75) is 6.92 Å². The minimum absolute atomic E-state index is 0.168. The number of benzene rings is 1. The zero-order valence-electron chi connectivity index (χ0n) is 7.17. The molecule has 0 aliphatic carbocycles. The monoisotopic (exact) mass is 200 g/mol. The molecule has 74 valence electrons. The molecule has 0 aliphatic heterocycles. The lowest BCUT2D eigenvalue weighted by Crippen LogP contribution is -2.15. The van der Waals surface area contributed by atoms with Crippen molar-refractivity contribution in [3.63, 3.8) is 0 Å². The summed E-state index contributed by atoms with van der Waals surface area (Å²) < 4.78 is 25.5. The van der Waals surface area contributed by atoms with Gasteiger partial charge in [-0.15, -0.1) is 0 Å². The third-order valence-electron chi connectivity index (χ3n) is 1.75. The lowest BCUT2D eigenvalue weighted by Gasteiger charge is -2.02. The van der Waals surface area contributed by atoms with Crippen LogP contribution in [0.1, 0.15) is 15.9 Å². The first-order chi connectivity index (χ1) is 6.43. The molecule has 0 aliphatic rings. The van der Waals surface area contributed by atoms with Crippen LogP contribution in [-0.2, 0) is 4.79 Å². The summed E-state index contributed by atoms with van der Waals surface area (Å²) in [6, 6.07) is 1.29. The number of carbonyl (C=O) groups excluding carboxylic acids is 1. The van der Waals surface area contributed by atoms with Crippen LogP contribution in [0, 0.1) is 18.6 Å². The smallest absolute Gasteiger partial charge is 0.377 e. The molecule has 1 rings (SSSR count). The third kappa shape index (κ3) is 1.76. The third-order valence-corrected chi connectivity index (χ3v) is 1.75. The summed E-state index contributed by atoms with van der Waals surface area (Å²) in [6.45, 7) is 1.21. The van der Waals surface area contributed by atoms with E-state index in [4.69, 9.17) is 5.11 Å². The van der Waals surface area contributed by atoms with Gasteiger partial charge in [0.25, 0.3) is 5.78 Å². The maximum atomic E-state index is 12.9. The molecule has 0 bridgehead atoms. The largest absolute Gasteiger partial charge is 0.475 e. The highest BCUT2D eigenvalue weighted by atomic mass is 19.1. The van der Waals surface area contributed by atoms with Gasteiger partial charge in [0.05, 0.1) is 0 Å². The van der Waals surface area contributed by atoms with Crippen molar-refractivity contribution in [1.29, 1.82) is 0 Å². The minimum atomic E-state index is -1.74. The van der Waals surface area contributed by atoms with E-state index in [1.165, 1.54) is 6.92 Å². The Morgan fingerprint density at radius 3 is 2.36 bits per heavy atom. The first-order valence-corrected chi connectivity index (χ1v) is 3.66. The van der Waals surface area contributed by atoms with Gasteiger partial charge < -0.3 is 5.11 Å². The van der Waals surface area contributed by atoms with Crippen molar-refractivity contribution in [2.24, 2.45) is 0 Å². The lowest BCUT2D eigenvalue weighted by molar-refractivity contribution is -0.131. The molecule has 3 nitrogen and oxygen atoms in total. The van der Waals surface area contributed by atoms with Gasteiger partial charge in [0, 0.05) is 11.6 Å². The van der Waals surface area contributed by atoms with Gasteiger partial charge in [-0.3, -0.25) is 4.79 Å². The number of aliphatic carboxylic acids is 1. The summed E-state index contributed by atoms with van der Waals surface area (Å²) in [6.07, 6.45) is 0. The van der Waals surface area contributed by atoms with Crippen molar-refractivity contribution in [1.82, 2.24) is 0 Å². The molecule has 0 radical (unpaired) electrons. The first-order valence-electron chi connectivity index (χ1n) is 3.66. The number of ketones is 1. The maximum absolute atomic E-state index is 12.9. The molecule has 14 heavy (non-hydrogen) atoms. The van der Waals surface area contributed by atoms with Gasteiger partial charge in [0.15, 0.2) is 0 Å². The number of hydrogen-bond acceptors (Lipinski definition) is 2. The van der Waals surface area contributed by atoms with E-state index in [9.17, 15) is 18.4 Å². The van der Waals surface area contributed by atoms with Gasteiger partial charge in [-0.2, -0.15) is 0 Å². The van der Waals surface area contributed by atoms with E-state index in [1.54, 1.807) is 0 Å². The van der Waals surface area contributed by atoms with Crippen LogP contribution < -0.4 is 0 Å². The van der Waals surface area contributed by atoms with E-state index >= 15 is 0 Å². The Labute approximate surface area is 78.0 Å². The van der Waals surface area contributed by atoms with E-state index in [0.29, 0.717) is 12.1 Å². The van der Waals surface area contributed by atoms with E-state index in [0.717, 1.165) is 0 Å². The normalized spacial score (nSPS) is 9.93. The molecule has 1 aromatic carbocycles. The Bertz CT molecular complexity index is 413. The van der Waals surface area contributed by atoms with Gasteiger partial charge in [-0.25, -0.2) is 13.6 Å². The summed E-state index contributed by atoms with van der Waals surface area (Å²) in [5.74, 6) is -4.97. The molecule has 0 saturated heterocycles. The molecule has 1 aromatic rings. The second-order valence-electron chi connectivity index (χ2n) is 2.69. The summed E-state index contributed by atoms with van der Waals surface area (Å²) in [4.78, 5) is 21.2. The van der Waals surface area contributed by atoms with Crippen LogP contribution in [0.4, 0.5) is 8.78 Å². The van der Waals surface area contributed by atoms with Crippen molar-refractivity contribution < 1.29 is 23.5 Å². The summed E-state index contributed by atoms with van der Waals surface area (Å²) in [5, 5.41) is 8.35. The van der Waals surface area contributed by atoms with Crippen LogP contribution in [0.3, 0.4) is 0 Å². The molecular weight excluding hydrogens is 194 g/mol. The zero-order valence-corrected chi connectivity index (χ0v) is 7.17. The highest BCUT2D eigenvalue weighted by Gasteiger charge is 2.19. The fourth-order valence-electron chi connectivity index (χ4n) is 0.997. The Morgan fingerprint density at radius 1 is 1.29 bits per heavy atom. The van der Waals surface area contributed by atoms with Gasteiger partial charge >= 0.3 is 5.97 Å². The molecule has 0 atom stereocenters. The van der Waals surface area contributed by atoms with Crippen LogP contribution in [0.5, 0.6) is 0 Å². The fraction of sp³-hybridized carbons (Fsp3) is 0.111. The number of rotatable bonds is 2. The van der Waals surface area contributed by atoms with E-state index in [1.807, 2.05) is 0 Å². The maximum Gasteiger partial charge on any atom is 0.377 e.